The van der Waals surface area contributed by atoms with Crippen molar-refractivity contribution in [1.29, 1.82) is 0 Å². The molecule has 0 bridgehead atoms. The Morgan fingerprint density at radius 1 is 1.29 bits per heavy atom. The summed E-state index contributed by atoms with van der Waals surface area (Å²) in [6.45, 7) is 4.77. The van der Waals surface area contributed by atoms with Crippen molar-refractivity contribution in [3.8, 4) is 0 Å². The summed E-state index contributed by atoms with van der Waals surface area (Å²) in [5.41, 5.74) is 7.59. The summed E-state index contributed by atoms with van der Waals surface area (Å²) in [6.07, 6.45) is 4.09. The highest BCUT2D eigenvalue weighted by molar-refractivity contribution is 7.88. The van der Waals surface area contributed by atoms with Gasteiger partial charge in [0.2, 0.25) is 10.0 Å². The number of hydrogen-bond donors (Lipinski definition) is 2. The quantitative estimate of drug-likeness (QED) is 0.878. The molecule has 1 fully saturated rings. The lowest BCUT2D eigenvalue weighted by atomic mass is 9.75. The van der Waals surface area contributed by atoms with Crippen LogP contribution in [0.3, 0.4) is 0 Å². The van der Waals surface area contributed by atoms with Gasteiger partial charge < -0.3 is 5.73 Å². The average molecular weight is 310 g/mol. The van der Waals surface area contributed by atoms with Crippen molar-refractivity contribution in [1.82, 2.24) is 4.72 Å². The summed E-state index contributed by atoms with van der Waals surface area (Å²) in [7, 11) is -3.32. The maximum Gasteiger partial charge on any atom is 0.216 e. The van der Waals surface area contributed by atoms with Gasteiger partial charge in [-0.25, -0.2) is 13.1 Å². The van der Waals surface area contributed by atoms with Crippen LogP contribution in [-0.4, -0.2) is 14.5 Å². The van der Waals surface area contributed by atoms with Crippen LogP contribution in [0.4, 0.5) is 0 Å². The summed E-state index contributed by atoms with van der Waals surface area (Å²) in [6, 6.07) is 7.52. The summed E-state index contributed by atoms with van der Waals surface area (Å²) < 4.78 is 27.7. The second-order valence-electron chi connectivity index (χ2n) is 6.81. The SMILES string of the molecule is CC1(C)CCCC(NS(=O)(=O)Cc2ccccc2CN)C1. The van der Waals surface area contributed by atoms with E-state index >= 15 is 0 Å². The number of sulfonamides is 1. The number of nitrogens with two attached hydrogens (primary N) is 1. The van der Waals surface area contributed by atoms with Crippen molar-refractivity contribution < 1.29 is 8.42 Å². The molecule has 1 atom stereocenters. The lowest BCUT2D eigenvalue weighted by Gasteiger charge is -2.35. The minimum atomic E-state index is -3.32. The molecule has 3 N–H and O–H groups in total. The number of benzene rings is 1. The Kier molecular flexibility index (Phi) is 5.07. The first-order valence-corrected chi connectivity index (χ1v) is 9.23. The Morgan fingerprint density at radius 2 is 1.95 bits per heavy atom. The monoisotopic (exact) mass is 310 g/mol. The van der Waals surface area contributed by atoms with Crippen LogP contribution >= 0.6 is 0 Å². The molecule has 0 aromatic heterocycles. The Bertz CT molecular complexity index is 582. The molecule has 0 radical (unpaired) electrons. The van der Waals surface area contributed by atoms with E-state index in [1.54, 1.807) is 0 Å². The van der Waals surface area contributed by atoms with E-state index < -0.39 is 10.0 Å². The third-order valence-electron chi connectivity index (χ3n) is 4.24. The molecule has 1 aromatic carbocycles. The zero-order valence-electron chi connectivity index (χ0n) is 12.9. The average Bonchev–Trinajstić information content (AvgIpc) is 2.37. The minimum absolute atomic E-state index is 0.0112. The van der Waals surface area contributed by atoms with E-state index in [2.05, 4.69) is 18.6 Å². The van der Waals surface area contributed by atoms with Crippen LogP contribution in [0.2, 0.25) is 0 Å². The van der Waals surface area contributed by atoms with Crippen LogP contribution in [0.25, 0.3) is 0 Å². The van der Waals surface area contributed by atoms with E-state index in [9.17, 15) is 8.42 Å². The Labute approximate surface area is 128 Å². The van der Waals surface area contributed by atoms with Crippen molar-refractivity contribution >= 4 is 10.0 Å². The van der Waals surface area contributed by atoms with Gasteiger partial charge in [0.1, 0.15) is 0 Å². The van der Waals surface area contributed by atoms with E-state index in [0.717, 1.165) is 30.4 Å². The van der Waals surface area contributed by atoms with Gasteiger partial charge in [-0.05, 0) is 35.8 Å². The normalized spacial score (nSPS) is 22.1. The molecule has 1 saturated carbocycles. The maximum atomic E-state index is 12.4. The second kappa shape index (κ2) is 6.46. The summed E-state index contributed by atoms with van der Waals surface area (Å²) in [5, 5.41) is 0. The molecule has 1 aliphatic rings. The fourth-order valence-corrected chi connectivity index (χ4v) is 4.68. The Morgan fingerprint density at radius 3 is 2.57 bits per heavy atom. The van der Waals surface area contributed by atoms with E-state index in [-0.39, 0.29) is 17.2 Å². The van der Waals surface area contributed by atoms with E-state index in [1.165, 1.54) is 6.42 Å². The highest BCUT2D eigenvalue weighted by Gasteiger charge is 2.30. The first kappa shape index (κ1) is 16.5. The van der Waals surface area contributed by atoms with E-state index in [0.29, 0.717) is 6.54 Å². The molecule has 1 aromatic rings. The van der Waals surface area contributed by atoms with Gasteiger partial charge in [-0.15, -0.1) is 0 Å². The predicted octanol–water partition coefficient (Wildman–Crippen LogP) is 2.53. The fraction of sp³-hybridized carbons (Fsp3) is 0.625. The lowest BCUT2D eigenvalue weighted by Crippen LogP contribution is -2.41. The standard InChI is InChI=1S/C16H26N2O2S/c1-16(2)9-5-8-15(10-16)18-21(19,20)12-14-7-4-3-6-13(14)11-17/h3-4,6-7,15,18H,5,8-12,17H2,1-2H3. The van der Waals surface area contributed by atoms with Crippen LogP contribution < -0.4 is 10.5 Å². The fourth-order valence-electron chi connectivity index (χ4n) is 3.20. The molecular weight excluding hydrogens is 284 g/mol. The van der Waals surface area contributed by atoms with Crippen LogP contribution in [0.15, 0.2) is 24.3 Å². The van der Waals surface area contributed by atoms with Crippen molar-refractivity contribution in [2.45, 2.75) is 57.9 Å². The summed E-state index contributed by atoms with van der Waals surface area (Å²) in [4.78, 5) is 0. The smallest absolute Gasteiger partial charge is 0.216 e. The third-order valence-corrected chi connectivity index (χ3v) is 5.62. The van der Waals surface area contributed by atoms with Crippen molar-refractivity contribution in [3.63, 3.8) is 0 Å². The Hall–Kier alpha value is -0.910. The summed E-state index contributed by atoms with van der Waals surface area (Å²) in [5.74, 6) is 0.0112. The van der Waals surface area contributed by atoms with Crippen LogP contribution in [0.5, 0.6) is 0 Å². The number of hydrogen-bond acceptors (Lipinski definition) is 3. The first-order valence-electron chi connectivity index (χ1n) is 7.58. The Balaban J connectivity index is 2.05. The topological polar surface area (TPSA) is 72.2 Å². The van der Waals surface area contributed by atoms with Crippen molar-refractivity contribution in [3.05, 3.63) is 35.4 Å². The van der Waals surface area contributed by atoms with Gasteiger partial charge in [0.15, 0.2) is 0 Å². The molecular formula is C16H26N2O2S. The molecule has 118 valence electrons. The van der Waals surface area contributed by atoms with Gasteiger partial charge in [0, 0.05) is 12.6 Å². The summed E-state index contributed by atoms with van der Waals surface area (Å²) >= 11 is 0. The van der Waals surface area contributed by atoms with Gasteiger partial charge >= 0.3 is 0 Å². The maximum absolute atomic E-state index is 12.4. The molecule has 0 amide bonds. The molecule has 1 unspecified atom stereocenters. The largest absolute Gasteiger partial charge is 0.326 e. The molecule has 5 heteroatoms. The minimum Gasteiger partial charge on any atom is -0.326 e. The van der Waals surface area contributed by atoms with Crippen molar-refractivity contribution in [2.24, 2.45) is 11.1 Å². The molecule has 2 rings (SSSR count). The molecule has 21 heavy (non-hydrogen) atoms. The van der Waals surface area contributed by atoms with Crippen LogP contribution in [-0.2, 0) is 22.3 Å². The van der Waals surface area contributed by atoms with Crippen LogP contribution in [0, 0.1) is 5.41 Å². The molecule has 0 saturated heterocycles. The van der Waals surface area contributed by atoms with Gasteiger partial charge in [0.25, 0.3) is 0 Å². The number of rotatable bonds is 5. The number of nitrogens with one attached hydrogen (secondary N) is 1. The second-order valence-corrected chi connectivity index (χ2v) is 8.56. The molecule has 1 aliphatic carbocycles. The van der Waals surface area contributed by atoms with Crippen molar-refractivity contribution in [2.75, 3.05) is 0 Å². The van der Waals surface area contributed by atoms with Gasteiger partial charge in [-0.1, -0.05) is 44.5 Å². The molecule has 0 spiro atoms. The van der Waals surface area contributed by atoms with Gasteiger partial charge in [-0.3, -0.25) is 0 Å². The first-order chi connectivity index (χ1) is 9.81. The van der Waals surface area contributed by atoms with E-state index in [4.69, 9.17) is 5.73 Å². The predicted molar refractivity (Wildman–Crippen MR) is 86.1 cm³/mol. The highest BCUT2D eigenvalue weighted by atomic mass is 32.2. The lowest BCUT2D eigenvalue weighted by molar-refractivity contribution is 0.212. The van der Waals surface area contributed by atoms with E-state index in [1.807, 2.05) is 24.3 Å². The van der Waals surface area contributed by atoms with Gasteiger partial charge in [0.05, 0.1) is 5.75 Å². The molecule has 0 heterocycles. The van der Waals surface area contributed by atoms with Crippen LogP contribution in [0.1, 0.15) is 50.7 Å². The third kappa shape index (κ3) is 4.80. The zero-order valence-corrected chi connectivity index (χ0v) is 13.7. The van der Waals surface area contributed by atoms with Gasteiger partial charge in [-0.2, -0.15) is 0 Å². The highest BCUT2D eigenvalue weighted by Crippen LogP contribution is 2.35. The zero-order chi connectivity index (χ0) is 15.5. The molecule has 0 aliphatic heterocycles. The molecule has 4 nitrogen and oxygen atoms in total.